The van der Waals surface area contributed by atoms with Crippen LogP contribution in [0.4, 0.5) is 0 Å². The highest BCUT2D eigenvalue weighted by atomic mass is 32.2. The molecule has 2 aromatic rings. The second-order valence-corrected chi connectivity index (χ2v) is 13.1. The van der Waals surface area contributed by atoms with Gasteiger partial charge >= 0.3 is 0 Å². The fraction of sp³-hybridized carbons (Fsp3) is 0.444. The Bertz CT molecular complexity index is 1380. The molecule has 1 aliphatic carbocycles. The summed E-state index contributed by atoms with van der Waals surface area (Å²) in [5.74, 6) is 0.402. The van der Waals surface area contributed by atoms with Gasteiger partial charge in [0.2, 0.25) is 5.91 Å². The summed E-state index contributed by atoms with van der Waals surface area (Å²) in [5, 5.41) is 0. The van der Waals surface area contributed by atoms with E-state index in [1.54, 1.807) is 11.8 Å². The van der Waals surface area contributed by atoms with E-state index in [1.807, 2.05) is 16.4 Å². The van der Waals surface area contributed by atoms with Crippen LogP contribution in [0.3, 0.4) is 0 Å². The zero-order chi connectivity index (χ0) is 30.2. The maximum atomic E-state index is 13.5. The van der Waals surface area contributed by atoms with Crippen molar-refractivity contribution >= 4 is 30.0 Å². The smallest absolute Gasteiger partial charge is 0.242 e. The minimum atomic E-state index is 0.0264. The van der Waals surface area contributed by atoms with Gasteiger partial charge in [-0.25, -0.2) is 0 Å². The quantitative estimate of drug-likeness (QED) is 0.159. The molecule has 1 saturated heterocycles. The number of hydrogen-bond acceptors (Lipinski definition) is 4. The maximum Gasteiger partial charge on any atom is 0.242 e. The highest BCUT2D eigenvalue weighted by Crippen LogP contribution is 2.40. The molecule has 1 aromatic heterocycles. The summed E-state index contributed by atoms with van der Waals surface area (Å²) < 4.78 is 7.43. The van der Waals surface area contributed by atoms with Crippen molar-refractivity contribution < 1.29 is 14.3 Å². The van der Waals surface area contributed by atoms with Crippen LogP contribution in [0.2, 0.25) is 0 Å². The second-order valence-electron chi connectivity index (χ2n) is 11.8. The van der Waals surface area contributed by atoms with Gasteiger partial charge in [-0.05, 0) is 91.3 Å². The summed E-state index contributed by atoms with van der Waals surface area (Å²) in [6.45, 7) is 19.1. The number of aldehydes is 1. The molecule has 6 heteroatoms. The van der Waals surface area contributed by atoms with Gasteiger partial charge in [0.25, 0.3) is 0 Å². The van der Waals surface area contributed by atoms with Crippen molar-refractivity contribution in [2.45, 2.75) is 78.7 Å². The number of morpholine rings is 1. The van der Waals surface area contributed by atoms with Gasteiger partial charge in [-0.2, -0.15) is 0 Å². The first-order chi connectivity index (χ1) is 20.2. The number of thioether (sulfide) groups is 1. The number of amides is 1. The third-order valence-corrected chi connectivity index (χ3v) is 9.49. The van der Waals surface area contributed by atoms with Crippen LogP contribution in [0.1, 0.15) is 92.4 Å². The van der Waals surface area contributed by atoms with Gasteiger partial charge < -0.3 is 14.2 Å². The molecule has 224 valence electrons. The zero-order valence-electron chi connectivity index (χ0n) is 25.8. The molecule has 2 fully saturated rings. The number of carbonyl (C=O) groups is 2. The maximum absolute atomic E-state index is 13.5. The Hall–Kier alpha value is -3.09. The Morgan fingerprint density at radius 2 is 1.74 bits per heavy atom. The van der Waals surface area contributed by atoms with Crippen LogP contribution in [0.15, 0.2) is 64.5 Å². The lowest BCUT2D eigenvalue weighted by Gasteiger charge is -2.27. The summed E-state index contributed by atoms with van der Waals surface area (Å²) in [6, 6.07) is 8.53. The largest absolute Gasteiger partial charge is 0.378 e. The van der Waals surface area contributed by atoms with Gasteiger partial charge in [0, 0.05) is 18.0 Å². The molecular formula is C36H46N2O3S. The van der Waals surface area contributed by atoms with Gasteiger partial charge in [-0.1, -0.05) is 80.5 Å². The Labute approximate surface area is 256 Å². The lowest BCUT2D eigenvalue weighted by molar-refractivity contribution is -0.135. The Balaban J connectivity index is 1.77. The third kappa shape index (κ3) is 7.84. The van der Waals surface area contributed by atoms with Crippen molar-refractivity contribution in [1.29, 1.82) is 0 Å². The SMILES string of the molecule is C=C(C)SC(C(=C)/C=C\c1cc(-c2c(C3CCCCCC3)cc(C=O)n2CC(=O)N2CCOCC2)ccc1C)=C(C)C. The number of allylic oxidation sites excluding steroid dienone is 4. The topological polar surface area (TPSA) is 51.5 Å². The van der Waals surface area contributed by atoms with Gasteiger partial charge in [0.1, 0.15) is 6.54 Å². The van der Waals surface area contributed by atoms with E-state index >= 15 is 0 Å². The standard InChI is InChI=1S/C36H46N2O3S/c1-25(2)36(42-26(3)4)28(6)14-15-30-21-31(16-13-27(30)5)35-33(29-11-9-7-8-10-12-29)22-32(24-39)38(35)23-34(40)37-17-19-41-20-18-37/h13-16,21-22,24,29H,3,6-12,17-20,23H2,1-2,4-5H3/b15-14-. The van der Waals surface area contributed by atoms with Gasteiger partial charge in [-0.3, -0.25) is 9.59 Å². The van der Waals surface area contributed by atoms with Gasteiger partial charge in [-0.15, -0.1) is 0 Å². The molecule has 0 radical (unpaired) electrons. The normalized spacial score (nSPS) is 16.3. The number of ether oxygens (including phenoxy) is 1. The summed E-state index contributed by atoms with van der Waals surface area (Å²) in [6.07, 6.45) is 12.2. The number of aryl methyl sites for hydroxylation is 1. The number of rotatable bonds is 10. The lowest BCUT2D eigenvalue weighted by atomic mass is 9.89. The third-order valence-electron chi connectivity index (χ3n) is 8.27. The molecule has 2 aliphatic rings. The molecule has 1 saturated carbocycles. The van der Waals surface area contributed by atoms with Crippen molar-refractivity contribution in [3.05, 3.63) is 86.8 Å². The molecule has 5 nitrogen and oxygen atoms in total. The van der Waals surface area contributed by atoms with Crippen LogP contribution in [-0.2, 0) is 16.1 Å². The summed E-state index contributed by atoms with van der Waals surface area (Å²) in [7, 11) is 0. The van der Waals surface area contributed by atoms with Crippen molar-refractivity contribution in [3.8, 4) is 11.3 Å². The number of hydrogen-bond donors (Lipinski definition) is 0. The van der Waals surface area contributed by atoms with Crippen LogP contribution in [0.25, 0.3) is 17.3 Å². The van der Waals surface area contributed by atoms with E-state index in [0.29, 0.717) is 37.9 Å². The average molecular weight is 587 g/mol. The van der Waals surface area contributed by atoms with E-state index < -0.39 is 0 Å². The van der Waals surface area contributed by atoms with E-state index in [9.17, 15) is 9.59 Å². The molecule has 0 bridgehead atoms. The molecule has 1 aromatic carbocycles. The first-order valence-electron chi connectivity index (χ1n) is 15.2. The second kappa shape index (κ2) is 14.9. The highest BCUT2D eigenvalue weighted by molar-refractivity contribution is 8.06. The van der Waals surface area contributed by atoms with E-state index in [-0.39, 0.29) is 12.5 Å². The fourth-order valence-electron chi connectivity index (χ4n) is 6.03. The van der Waals surface area contributed by atoms with Gasteiger partial charge in [0.05, 0.1) is 24.6 Å². The molecule has 1 aliphatic heterocycles. The molecule has 1 amide bonds. The molecule has 42 heavy (non-hydrogen) atoms. The monoisotopic (exact) mass is 586 g/mol. The Kier molecular flexibility index (Phi) is 11.3. The van der Waals surface area contributed by atoms with E-state index in [4.69, 9.17) is 4.74 Å². The minimum absolute atomic E-state index is 0.0264. The van der Waals surface area contributed by atoms with E-state index in [2.05, 4.69) is 70.3 Å². The number of aromatic nitrogens is 1. The van der Waals surface area contributed by atoms with E-state index in [0.717, 1.165) is 56.9 Å². The van der Waals surface area contributed by atoms with Crippen molar-refractivity contribution in [2.75, 3.05) is 26.3 Å². The Morgan fingerprint density at radius 3 is 2.36 bits per heavy atom. The highest BCUT2D eigenvalue weighted by Gasteiger charge is 2.27. The first kappa shape index (κ1) is 31.8. The number of nitrogens with zero attached hydrogens (tertiary/aromatic N) is 2. The predicted octanol–water partition coefficient (Wildman–Crippen LogP) is 8.70. The molecule has 0 N–H and O–H groups in total. The minimum Gasteiger partial charge on any atom is -0.378 e. The predicted molar refractivity (Wildman–Crippen MR) is 177 cm³/mol. The summed E-state index contributed by atoms with van der Waals surface area (Å²) in [5.41, 5.74) is 8.21. The van der Waals surface area contributed by atoms with Crippen LogP contribution >= 0.6 is 11.8 Å². The summed E-state index contributed by atoms with van der Waals surface area (Å²) in [4.78, 5) is 29.9. The van der Waals surface area contributed by atoms with Crippen molar-refractivity contribution in [3.63, 3.8) is 0 Å². The Morgan fingerprint density at radius 1 is 1.05 bits per heavy atom. The summed E-state index contributed by atoms with van der Waals surface area (Å²) >= 11 is 1.65. The molecule has 0 atom stereocenters. The first-order valence-corrected chi connectivity index (χ1v) is 16.0. The van der Waals surface area contributed by atoms with Gasteiger partial charge in [0.15, 0.2) is 6.29 Å². The average Bonchev–Trinajstić information content (AvgIpc) is 3.13. The fourth-order valence-corrected chi connectivity index (χ4v) is 6.78. The molecular weight excluding hydrogens is 540 g/mol. The van der Waals surface area contributed by atoms with Crippen molar-refractivity contribution in [1.82, 2.24) is 9.47 Å². The van der Waals surface area contributed by atoms with Crippen LogP contribution < -0.4 is 0 Å². The van der Waals surface area contributed by atoms with Crippen LogP contribution in [0, 0.1) is 6.92 Å². The number of carbonyl (C=O) groups excluding carboxylic acids is 2. The number of benzene rings is 1. The van der Waals surface area contributed by atoms with Crippen LogP contribution in [0.5, 0.6) is 0 Å². The van der Waals surface area contributed by atoms with Crippen LogP contribution in [-0.4, -0.2) is 48.0 Å². The molecule has 4 rings (SSSR count). The zero-order valence-corrected chi connectivity index (χ0v) is 26.7. The van der Waals surface area contributed by atoms with Crippen molar-refractivity contribution in [2.24, 2.45) is 0 Å². The van der Waals surface area contributed by atoms with E-state index in [1.165, 1.54) is 36.8 Å². The molecule has 0 unspecified atom stereocenters. The molecule has 0 spiro atoms. The lowest BCUT2D eigenvalue weighted by Crippen LogP contribution is -2.42. The molecule has 2 heterocycles.